The minimum atomic E-state index is -0.512. The predicted molar refractivity (Wildman–Crippen MR) is 67.7 cm³/mol. The average Bonchev–Trinajstić information content (AvgIpc) is 2.37. The van der Waals surface area contributed by atoms with Crippen LogP contribution in [0.4, 0.5) is 17.3 Å². The smallest absolute Gasteiger partial charge is 0.353 e. The minimum Gasteiger partial charge on any atom is -0.396 e. The van der Waals surface area contributed by atoms with Gasteiger partial charge < -0.3 is 15.7 Å². The number of nitro groups is 1. The zero-order chi connectivity index (χ0) is 13.4. The van der Waals surface area contributed by atoms with Crippen molar-refractivity contribution in [3.05, 3.63) is 16.4 Å². The molecule has 0 aliphatic heterocycles. The number of nitrogens with one attached hydrogen (secondary N) is 2. The van der Waals surface area contributed by atoms with Crippen LogP contribution >= 0.6 is 0 Å². The molecule has 0 atom stereocenters. The van der Waals surface area contributed by atoms with E-state index in [1.54, 1.807) is 7.05 Å². The lowest BCUT2D eigenvalue weighted by Gasteiger charge is -2.07. The Hall–Kier alpha value is -1.96. The van der Waals surface area contributed by atoms with Crippen LogP contribution in [0.2, 0.25) is 0 Å². The van der Waals surface area contributed by atoms with E-state index in [1.165, 1.54) is 6.33 Å². The van der Waals surface area contributed by atoms with E-state index in [0.29, 0.717) is 6.54 Å². The number of anilines is 2. The molecule has 0 radical (unpaired) electrons. The highest BCUT2D eigenvalue weighted by atomic mass is 16.6. The molecule has 8 nitrogen and oxygen atoms in total. The van der Waals surface area contributed by atoms with Crippen molar-refractivity contribution in [3.8, 4) is 0 Å². The molecular formula is C10H17N5O3. The second-order valence-corrected chi connectivity index (χ2v) is 3.64. The fourth-order valence-corrected chi connectivity index (χ4v) is 1.48. The topological polar surface area (TPSA) is 113 Å². The van der Waals surface area contributed by atoms with E-state index in [2.05, 4.69) is 20.6 Å². The standard InChI is InChI=1S/C10H17N5O3/c1-11-9-8(15(17)18)10(14-7-13-9)12-5-3-2-4-6-16/h7,16H,2-6H2,1H3,(H2,11,12,13,14). The lowest BCUT2D eigenvalue weighted by atomic mass is 10.2. The Bertz CT molecular complexity index is 399. The summed E-state index contributed by atoms with van der Waals surface area (Å²) < 4.78 is 0. The van der Waals surface area contributed by atoms with E-state index in [-0.39, 0.29) is 23.9 Å². The highest BCUT2D eigenvalue weighted by Crippen LogP contribution is 2.28. The fourth-order valence-electron chi connectivity index (χ4n) is 1.48. The van der Waals surface area contributed by atoms with Gasteiger partial charge in [0.15, 0.2) is 0 Å². The fraction of sp³-hybridized carbons (Fsp3) is 0.600. The highest BCUT2D eigenvalue weighted by Gasteiger charge is 2.21. The summed E-state index contributed by atoms with van der Waals surface area (Å²) >= 11 is 0. The SMILES string of the molecule is CNc1ncnc(NCCCCCO)c1[N+](=O)[O-]. The monoisotopic (exact) mass is 255 g/mol. The largest absolute Gasteiger partial charge is 0.396 e. The maximum absolute atomic E-state index is 10.9. The third-order valence-corrected chi connectivity index (χ3v) is 2.37. The molecule has 1 heterocycles. The van der Waals surface area contributed by atoms with Gasteiger partial charge in [0.05, 0.1) is 4.92 Å². The molecule has 1 rings (SSSR count). The number of nitrogens with zero attached hydrogens (tertiary/aromatic N) is 3. The molecule has 0 amide bonds. The Morgan fingerprint density at radius 3 is 2.67 bits per heavy atom. The summed E-state index contributed by atoms with van der Waals surface area (Å²) in [7, 11) is 1.57. The Labute approximate surface area is 105 Å². The van der Waals surface area contributed by atoms with Crippen LogP contribution in [0.15, 0.2) is 6.33 Å². The lowest BCUT2D eigenvalue weighted by Crippen LogP contribution is -2.09. The summed E-state index contributed by atoms with van der Waals surface area (Å²) in [6.07, 6.45) is 3.68. The Balaban J connectivity index is 2.67. The summed E-state index contributed by atoms with van der Waals surface area (Å²) in [5, 5.41) is 25.2. The first kappa shape index (κ1) is 14.1. The quantitative estimate of drug-likeness (QED) is 0.360. The van der Waals surface area contributed by atoms with Crippen molar-refractivity contribution in [1.82, 2.24) is 9.97 Å². The van der Waals surface area contributed by atoms with Crippen molar-refractivity contribution >= 4 is 17.3 Å². The molecule has 18 heavy (non-hydrogen) atoms. The summed E-state index contributed by atoms with van der Waals surface area (Å²) in [6.45, 7) is 0.735. The van der Waals surface area contributed by atoms with E-state index in [4.69, 9.17) is 5.11 Å². The van der Waals surface area contributed by atoms with Crippen LogP contribution in [0.3, 0.4) is 0 Å². The van der Waals surface area contributed by atoms with Gasteiger partial charge in [-0.1, -0.05) is 0 Å². The van der Waals surface area contributed by atoms with Gasteiger partial charge in [0.25, 0.3) is 0 Å². The molecule has 100 valence electrons. The molecular weight excluding hydrogens is 238 g/mol. The molecule has 0 aromatic carbocycles. The van der Waals surface area contributed by atoms with Crippen molar-refractivity contribution in [2.75, 3.05) is 30.8 Å². The average molecular weight is 255 g/mol. The van der Waals surface area contributed by atoms with E-state index < -0.39 is 4.92 Å². The van der Waals surface area contributed by atoms with Crippen LogP contribution in [-0.2, 0) is 0 Å². The molecule has 1 aromatic heterocycles. The third kappa shape index (κ3) is 3.81. The first-order valence-corrected chi connectivity index (χ1v) is 5.72. The molecule has 0 fully saturated rings. The summed E-state index contributed by atoms with van der Waals surface area (Å²) in [4.78, 5) is 18.1. The Morgan fingerprint density at radius 2 is 2.06 bits per heavy atom. The van der Waals surface area contributed by atoms with Crippen LogP contribution < -0.4 is 10.6 Å². The molecule has 0 saturated heterocycles. The first-order chi connectivity index (χ1) is 8.70. The number of aromatic nitrogens is 2. The van der Waals surface area contributed by atoms with Gasteiger partial charge in [0.1, 0.15) is 6.33 Å². The molecule has 0 bridgehead atoms. The van der Waals surface area contributed by atoms with E-state index in [9.17, 15) is 10.1 Å². The van der Waals surface area contributed by atoms with E-state index in [1.807, 2.05) is 0 Å². The molecule has 8 heteroatoms. The van der Waals surface area contributed by atoms with Crippen molar-refractivity contribution in [3.63, 3.8) is 0 Å². The van der Waals surface area contributed by atoms with Crippen LogP contribution in [0.1, 0.15) is 19.3 Å². The van der Waals surface area contributed by atoms with Gasteiger partial charge >= 0.3 is 5.69 Å². The van der Waals surface area contributed by atoms with E-state index in [0.717, 1.165) is 19.3 Å². The molecule has 0 saturated carbocycles. The molecule has 0 aliphatic carbocycles. The highest BCUT2D eigenvalue weighted by molar-refractivity contribution is 5.68. The molecule has 1 aromatic rings. The summed E-state index contributed by atoms with van der Waals surface area (Å²) in [6, 6.07) is 0. The van der Waals surface area contributed by atoms with Crippen LogP contribution in [0.25, 0.3) is 0 Å². The maximum Gasteiger partial charge on any atom is 0.353 e. The Kier molecular flexibility index (Phi) is 5.78. The number of hydrogen-bond acceptors (Lipinski definition) is 7. The van der Waals surface area contributed by atoms with Gasteiger partial charge in [-0.2, -0.15) is 0 Å². The van der Waals surface area contributed by atoms with Crippen molar-refractivity contribution in [2.45, 2.75) is 19.3 Å². The molecule has 0 spiro atoms. The number of aliphatic hydroxyl groups is 1. The second-order valence-electron chi connectivity index (χ2n) is 3.64. The van der Waals surface area contributed by atoms with Crippen LogP contribution in [-0.4, -0.2) is 40.2 Å². The van der Waals surface area contributed by atoms with Gasteiger partial charge in [-0.05, 0) is 19.3 Å². The number of aliphatic hydroxyl groups excluding tert-OH is 1. The van der Waals surface area contributed by atoms with Gasteiger partial charge in [0.2, 0.25) is 11.6 Å². The summed E-state index contributed by atoms with van der Waals surface area (Å²) in [5.74, 6) is 0.399. The third-order valence-electron chi connectivity index (χ3n) is 2.37. The predicted octanol–water partition coefficient (Wildman–Crippen LogP) is 1.00. The summed E-state index contributed by atoms with van der Waals surface area (Å²) in [5.41, 5.74) is -0.151. The van der Waals surface area contributed by atoms with Crippen LogP contribution in [0.5, 0.6) is 0 Å². The number of rotatable bonds is 8. The van der Waals surface area contributed by atoms with Crippen molar-refractivity contribution in [1.29, 1.82) is 0 Å². The zero-order valence-corrected chi connectivity index (χ0v) is 10.2. The van der Waals surface area contributed by atoms with Crippen LogP contribution in [0, 0.1) is 10.1 Å². The Morgan fingerprint density at radius 1 is 1.33 bits per heavy atom. The molecule has 0 unspecified atom stereocenters. The molecule has 3 N–H and O–H groups in total. The zero-order valence-electron chi connectivity index (χ0n) is 10.2. The minimum absolute atomic E-state index is 0.151. The van der Waals surface area contributed by atoms with E-state index >= 15 is 0 Å². The van der Waals surface area contributed by atoms with Gasteiger partial charge in [-0.3, -0.25) is 10.1 Å². The van der Waals surface area contributed by atoms with Gasteiger partial charge in [-0.15, -0.1) is 0 Å². The van der Waals surface area contributed by atoms with Gasteiger partial charge in [0, 0.05) is 20.2 Å². The first-order valence-electron chi connectivity index (χ1n) is 5.72. The van der Waals surface area contributed by atoms with Crippen molar-refractivity contribution < 1.29 is 10.0 Å². The lowest BCUT2D eigenvalue weighted by molar-refractivity contribution is -0.383. The maximum atomic E-state index is 10.9. The molecule has 0 aliphatic rings. The van der Waals surface area contributed by atoms with Gasteiger partial charge in [-0.25, -0.2) is 9.97 Å². The number of hydrogen-bond donors (Lipinski definition) is 3. The normalized spacial score (nSPS) is 10.1. The second kappa shape index (κ2) is 7.38. The van der Waals surface area contributed by atoms with Crippen molar-refractivity contribution in [2.24, 2.45) is 0 Å². The number of unbranched alkanes of at least 4 members (excludes halogenated alkanes) is 2.